The number of unbranched alkanes of at least 4 members (excludes halogenated alkanes) is 1. The van der Waals surface area contributed by atoms with Crippen molar-refractivity contribution in [3.63, 3.8) is 0 Å². The van der Waals surface area contributed by atoms with Gasteiger partial charge in [0.05, 0.1) is 0 Å². The first-order valence-corrected chi connectivity index (χ1v) is 4.63. The molecule has 1 rings (SSSR count). The Kier molecular flexibility index (Phi) is 2.73. The highest BCUT2D eigenvalue weighted by Crippen LogP contribution is 2.40. The maximum absolute atomic E-state index is 10.9. The minimum absolute atomic E-state index is 0.238. The third-order valence-electron chi connectivity index (χ3n) is 2.65. The van der Waals surface area contributed by atoms with E-state index in [9.17, 15) is 4.79 Å². The van der Waals surface area contributed by atoms with Crippen LogP contribution >= 0.6 is 0 Å². The van der Waals surface area contributed by atoms with Crippen LogP contribution in [0.2, 0.25) is 0 Å². The van der Waals surface area contributed by atoms with Crippen molar-refractivity contribution >= 4 is 5.97 Å². The smallest absolute Gasteiger partial charge is 0.323 e. The second-order valence-electron chi connectivity index (χ2n) is 3.72. The molecule has 3 heteroatoms. The van der Waals surface area contributed by atoms with Crippen molar-refractivity contribution in [3.05, 3.63) is 0 Å². The molecule has 1 fully saturated rings. The zero-order valence-electron chi connectivity index (χ0n) is 7.55. The largest absolute Gasteiger partial charge is 0.480 e. The van der Waals surface area contributed by atoms with Crippen molar-refractivity contribution < 1.29 is 9.90 Å². The van der Waals surface area contributed by atoms with Gasteiger partial charge in [0, 0.05) is 0 Å². The molecule has 70 valence electrons. The van der Waals surface area contributed by atoms with Gasteiger partial charge in [-0.1, -0.05) is 19.8 Å². The highest BCUT2D eigenvalue weighted by atomic mass is 16.4. The molecule has 1 saturated carbocycles. The summed E-state index contributed by atoms with van der Waals surface area (Å²) >= 11 is 0. The Bertz CT molecular complexity index is 177. The van der Waals surface area contributed by atoms with Gasteiger partial charge in [-0.25, -0.2) is 0 Å². The first kappa shape index (κ1) is 9.52. The monoisotopic (exact) mass is 171 g/mol. The molecular formula is C9H17NO2. The van der Waals surface area contributed by atoms with Crippen LogP contribution in [0, 0.1) is 5.92 Å². The molecule has 0 heterocycles. The van der Waals surface area contributed by atoms with E-state index in [2.05, 4.69) is 6.92 Å². The van der Waals surface area contributed by atoms with Crippen LogP contribution in [0.5, 0.6) is 0 Å². The number of carbonyl (C=O) groups is 1. The van der Waals surface area contributed by atoms with E-state index in [-0.39, 0.29) is 5.92 Å². The maximum Gasteiger partial charge on any atom is 0.323 e. The lowest BCUT2D eigenvalue weighted by Crippen LogP contribution is -2.50. The minimum atomic E-state index is -0.921. The molecule has 0 aromatic rings. The molecule has 0 unspecified atom stereocenters. The summed E-state index contributed by atoms with van der Waals surface area (Å²) < 4.78 is 0. The van der Waals surface area contributed by atoms with Crippen LogP contribution in [0.4, 0.5) is 0 Å². The second kappa shape index (κ2) is 3.44. The van der Waals surface area contributed by atoms with Gasteiger partial charge in [-0.15, -0.1) is 0 Å². The van der Waals surface area contributed by atoms with Gasteiger partial charge >= 0.3 is 5.97 Å². The summed E-state index contributed by atoms with van der Waals surface area (Å²) in [7, 11) is 0. The van der Waals surface area contributed by atoms with Gasteiger partial charge in [0.2, 0.25) is 0 Å². The number of rotatable bonds is 5. The highest BCUT2D eigenvalue weighted by Gasteiger charge is 2.47. The number of nitrogens with two attached hydrogens (primary N) is 1. The summed E-state index contributed by atoms with van der Waals surface area (Å²) in [5.74, 6) is -0.583. The molecule has 12 heavy (non-hydrogen) atoms. The van der Waals surface area contributed by atoms with Gasteiger partial charge in [-0.05, 0) is 25.2 Å². The molecule has 0 bridgehead atoms. The summed E-state index contributed by atoms with van der Waals surface area (Å²) in [5, 5.41) is 8.94. The second-order valence-corrected chi connectivity index (χ2v) is 3.72. The maximum atomic E-state index is 10.9. The Labute approximate surface area is 72.9 Å². The molecule has 0 amide bonds. The fourth-order valence-electron chi connectivity index (χ4n) is 1.55. The summed E-state index contributed by atoms with van der Waals surface area (Å²) in [4.78, 5) is 10.9. The first-order valence-electron chi connectivity index (χ1n) is 4.63. The SMILES string of the molecule is CCCC[C@](N)(C(=O)O)C1CC1. The molecule has 3 N–H and O–H groups in total. The van der Waals surface area contributed by atoms with Crippen LogP contribution in [-0.2, 0) is 4.79 Å². The van der Waals surface area contributed by atoms with Crippen LogP contribution < -0.4 is 5.73 Å². The molecule has 1 atom stereocenters. The van der Waals surface area contributed by atoms with Gasteiger partial charge in [0.1, 0.15) is 5.54 Å². The van der Waals surface area contributed by atoms with Crippen molar-refractivity contribution in [2.45, 2.75) is 44.6 Å². The predicted octanol–water partition coefficient (Wildman–Crippen LogP) is 1.37. The van der Waals surface area contributed by atoms with Crippen molar-refractivity contribution in [3.8, 4) is 0 Å². The number of carboxylic acids is 1. The van der Waals surface area contributed by atoms with E-state index in [0.29, 0.717) is 6.42 Å². The Morgan fingerprint density at radius 2 is 2.25 bits per heavy atom. The molecular weight excluding hydrogens is 154 g/mol. The predicted molar refractivity (Wildman–Crippen MR) is 46.8 cm³/mol. The fourth-order valence-corrected chi connectivity index (χ4v) is 1.55. The minimum Gasteiger partial charge on any atom is -0.480 e. The molecule has 0 radical (unpaired) electrons. The standard InChI is InChI=1S/C9H17NO2/c1-2-3-6-9(10,8(11)12)7-4-5-7/h7H,2-6,10H2,1H3,(H,11,12)/t9-/m1/s1. The zero-order valence-corrected chi connectivity index (χ0v) is 7.55. The van der Waals surface area contributed by atoms with Crippen molar-refractivity contribution in [1.82, 2.24) is 0 Å². The van der Waals surface area contributed by atoms with Crippen LogP contribution in [0.3, 0.4) is 0 Å². The molecule has 0 aromatic heterocycles. The summed E-state index contributed by atoms with van der Waals surface area (Å²) in [6.45, 7) is 2.05. The summed E-state index contributed by atoms with van der Waals surface area (Å²) in [6, 6.07) is 0. The lowest BCUT2D eigenvalue weighted by molar-refractivity contribution is -0.144. The third-order valence-corrected chi connectivity index (χ3v) is 2.65. The number of hydrogen-bond donors (Lipinski definition) is 2. The van der Waals surface area contributed by atoms with E-state index in [1.165, 1.54) is 0 Å². The molecule has 0 aromatic carbocycles. The van der Waals surface area contributed by atoms with Gasteiger partial charge in [-0.2, -0.15) is 0 Å². The molecule has 0 aliphatic heterocycles. The Hall–Kier alpha value is -0.570. The van der Waals surface area contributed by atoms with Crippen molar-refractivity contribution in [1.29, 1.82) is 0 Å². The summed E-state index contributed by atoms with van der Waals surface area (Å²) in [5.41, 5.74) is 4.91. The fraction of sp³-hybridized carbons (Fsp3) is 0.889. The van der Waals surface area contributed by atoms with E-state index >= 15 is 0 Å². The van der Waals surface area contributed by atoms with Gasteiger partial charge < -0.3 is 10.8 Å². The van der Waals surface area contributed by atoms with Crippen LogP contribution in [0.25, 0.3) is 0 Å². The number of aliphatic carboxylic acids is 1. The first-order chi connectivity index (χ1) is 5.61. The summed E-state index contributed by atoms with van der Waals surface area (Å²) in [6.07, 6.45) is 4.54. The normalized spacial score (nSPS) is 21.8. The van der Waals surface area contributed by atoms with E-state index in [0.717, 1.165) is 25.7 Å². The van der Waals surface area contributed by atoms with Crippen LogP contribution in [0.1, 0.15) is 39.0 Å². The molecule has 1 aliphatic carbocycles. The van der Waals surface area contributed by atoms with Crippen LogP contribution in [0.15, 0.2) is 0 Å². The van der Waals surface area contributed by atoms with Gasteiger partial charge in [0.25, 0.3) is 0 Å². The Morgan fingerprint density at radius 1 is 1.67 bits per heavy atom. The Morgan fingerprint density at radius 3 is 2.58 bits per heavy atom. The van der Waals surface area contributed by atoms with E-state index < -0.39 is 11.5 Å². The number of hydrogen-bond acceptors (Lipinski definition) is 2. The third kappa shape index (κ3) is 1.78. The average molecular weight is 171 g/mol. The van der Waals surface area contributed by atoms with Crippen LogP contribution in [-0.4, -0.2) is 16.6 Å². The quantitative estimate of drug-likeness (QED) is 0.656. The van der Waals surface area contributed by atoms with E-state index in [4.69, 9.17) is 10.8 Å². The van der Waals surface area contributed by atoms with Crippen molar-refractivity contribution in [2.24, 2.45) is 11.7 Å². The molecule has 1 aliphatic rings. The van der Waals surface area contributed by atoms with Gasteiger partial charge in [0.15, 0.2) is 0 Å². The van der Waals surface area contributed by atoms with Gasteiger partial charge in [-0.3, -0.25) is 4.79 Å². The highest BCUT2D eigenvalue weighted by molar-refractivity contribution is 5.79. The molecule has 3 nitrogen and oxygen atoms in total. The van der Waals surface area contributed by atoms with E-state index in [1.54, 1.807) is 0 Å². The molecule has 0 saturated heterocycles. The van der Waals surface area contributed by atoms with E-state index in [1.807, 2.05) is 0 Å². The lowest BCUT2D eigenvalue weighted by atomic mass is 9.89. The lowest BCUT2D eigenvalue weighted by Gasteiger charge is -2.23. The molecule has 0 spiro atoms. The topological polar surface area (TPSA) is 63.3 Å². The number of carboxylic acid groups (broad SMARTS) is 1. The zero-order chi connectivity index (χ0) is 9.19. The average Bonchev–Trinajstić information content (AvgIpc) is 2.82. The Balaban J connectivity index is 2.52. The van der Waals surface area contributed by atoms with Crippen molar-refractivity contribution in [2.75, 3.05) is 0 Å².